The molecule has 0 radical (unpaired) electrons. The van der Waals surface area contributed by atoms with Crippen molar-refractivity contribution in [2.24, 2.45) is 0 Å². The molecule has 0 atom stereocenters. The third kappa shape index (κ3) is 1.65. The number of halogens is 2. The Labute approximate surface area is 97.9 Å². The van der Waals surface area contributed by atoms with Gasteiger partial charge in [0.05, 0.1) is 5.56 Å². The van der Waals surface area contributed by atoms with Gasteiger partial charge in [0.25, 0.3) is 0 Å². The number of hydrogen-bond donors (Lipinski definition) is 1. The molecular formula is C13H12F2N2. The van der Waals surface area contributed by atoms with Gasteiger partial charge in [-0.15, -0.1) is 0 Å². The maximum Gasteiger partial charge on any atom is 0.134 e. The van der Waals surface area contributed by atoms with Crippen LogP contribution < -0.4 is 5.32 Å². The summed E-state index contributed by atoms with van der Waals surface area (Å²) in [4.78, 5) is 0. The summed E-state index contributed by atoms with van der Waals surface area (Å²) >= 11 is 0. The van der Waals surface area contributed by atoms with Crippen LogP contribution in [0.15, 0.2) is 30.5 Å². The van der Waals surface area contributed by atoms with E-state index in [4.69, 9.17) is 0 Å². The molecule has 2 nitrogen and oxygen atoms in total. The monoisotopic (exact) mass is 234 g/mol. The molecule has 4 heteroatoms. The van der Waals surface area contributed by atoms with Crippen LogP contribution in [0.2, 0.25) is 0 Å². The number of fused-ring (bicyclic) bond motifs is 1. The summed E-state index contributed by atoms with van der Waals surface area (Å²) in [5.41, 5.74) is 1.66. The maximum atomic E-state index is 13.7. The molecule has 0 bridgehead atoms. The lowest BCUT2D eigenvalue weighted by Gasteiger charge is -2.18. The van der Waals surface area contributed by atoms with E-state index in [0.29, 0.717) is 12.1 Å². The first-order valence-electron chi connectivity index (χ1n) is 5.60. The van der Waals surface area contributed by atoms with Crippen LogP contribution in [-0.4, -0.2) is 11.1 Å². The van der Waals surface area contributed by atoms with Gasteiger partial charge in [0.2, 0.25) is 0 Å². The van der Waals surface area contributed by atoms with Gasteiger partial charge < -0.3 is 9.88 Å². The Hall–Kier alpha value is -1.68. The van der Waals surface area contributed by atoms with Crippen LogP contribution >= 0.6 is 0 Å². The van der Waals surface area contributed by atoms with Crippen molar-refractivity contribution in [3.63, 3.8) is 0 Å². The van der Waals surface area contributed by atoms with Crippen LogP contribution in [0, 0.1) is 11.6 Å². The quantitative estimate of drug-likeness (QED) is 0.802. The molecule has 0 spiro atoms. The lowest BCUT2D eigenvalue weighted by Crippen LogP contribution is -2.27. The average molecular weight is 234 g/mol. The Kier molecular flexibility index (Phi) is 2.44. The van der Waals surface area contributed by atoms with Crippen LogP contribution in [-0.2, 0) is 13.1 Å². The molecule has 1 N–H and O–H groups in total. The van der Waals surface area contributed by atoms with Gasteiger partial charge >= 0.3 is 0 Å². The topological polar surface area (TPSA) is 17.0 Å². The van der Waals surface area contributed by atoms with Gasteiger partial charge in [-0.2, -0.15) is 0 Å². The van der Waals surface area contributed by atoms with Crippen LogP contribution in [0.4, 0.5) is 8.78 Å². The summed E-state index contributed by atoms with van der Waals surface area (Å²) < 4.78 is 29.5. The van der Waals surface area contributed by atoms with Gasteiger partial charge in [0, 0.05) is 37.1 Å². The lowest BCUT2D eigenvalue weighted by atomic mass is 10.0. The fraction of sp³-hybridized carbons (Fsp3) is 0.231. The van der Waals surface area contributed by atoms with Gasteiger partial charge in [-0.1, -0.05) is 6.07 Å². The molecule has 0 unspecified atom stereocenters. The van der Waals surface area contributed by atoms with Crippen molar-refractivity contribution >= 4 is 0 Å². The third-order valence-electron chi connectivity index (χ3n) is 3.13. The summed E-state index contributed by atoms with van der Waals surface area (Å²) in [7, 11) is 0. The molecule has 0 saturated heterocycles. The summed E-state index contributed by atoms with van der Waals surface area (Å²) in [6, 6.07) is 5.75. The fourth-order valence-corrected chi connectivity index (χ4v) is 2.30. The molecule has 3 rings (SSSR count). The Bertz CT molecular complexity index is 540. The Morgan fingerprint density at radius 3 is 2.65 bits per heavy atom. The number of aromatic nitrogens is 1. The Morgan fingerprint density at radius 2 is 1.88 bits per heavy atom. The minimum atomic E-state index is -0.510. The molecule has 1 aliphatic rings. The van der Waals surface area contributed by atoms with Crippen molar-refractivity contribution in [2.45, 2.75) is 13.1 Å². The van der Waals surface area contributed by atoms with Crippen LogP contribution in [0.1, 0.15) is 5.69 Å². The first-order chi connectivity index (χ1) is 8.27. The number of rotatable bonds is 1. The van der Waals surface area contributed by atoms with E-state index in [1.807, 2.05) is 10.8 Å². The fourth-order valence-electron chi connectivity index (χ4n) is 2.30. The second-order valence-corrected chi connectivity index (χ2v) is 4.14. The van der Waals surface area contributed by atoms with Gasteiger partial charge in [-0.25, -0.2) is 8.78 Å². The van der Waals surface area contributed by atoms with Crippen LogP contribution in [0.3, 0.4) is 0 Å². The molecule has 1 aliphatic heterocycles. The highest BCUT2D eigenvalue weighted by molar-refractivity contribution is 5.68. The summed E-state index contributed by atoms with van der Waals surface area (Å²) in [6.45, 7) is 2.38. The highest BCUT2D eigenvalue weighted by atomic mass is 19.1. The Balaban J connectivity index is 2.19. The molecule has 2 heterocycles. The highest BCUT2D eigenvalue weighted by Crippen LogP contribution is 2.30. The van der Waals surface area contributed by atoms with Crippen molar-refractivity contribution in [1.29, 1.82) is 0 Å². The van der Waals surface area contributed by atoms with E-state index in [-0.39, 0.29) is 5.56 Å². The molecule has 0 amide bonds. The van der Waals surface area contributed by atoms with Gasteiger partial charge in [-0.3, -0.25) is 0 Å². The molecular weight excluding hydrogens is 222 g/mol. The largest absolute Gasteiger partial charge is 0.348 e. The zero-order chi connectivity index (χ0) is 11.8. The van der Waals surface area contributed by atoms with E-state index in [1.165, 1.54) is 18.2 Å². The smallest absolute Gasteiger partial charge is 0.134 e. The van der Waals surface area contributed by atoms with E-state index in [1.54, 1.807) is 6.07 Å². The van der Waals surface area contributed by atoms with Crippen molar-refractivity contribution in [1.82, 2.24) is 9.88 Å². The van der Waals surface area contributed by atoms with E-state index in [0.717, 1.165) is 18.8 Å². The summed E-state index contributed by atoms with van der Waals surface area (Å²) in [5.74, 6) is -1.02. The third-order valence-corrected chi connectivity index (χ3v) is 3.13. The SMILES string of the molecule is Fc1cccc(F)c1-c1ccn2c1CNCC2. The molecule has 0 fully saturated rings. The number of hydrogen-bond acceptors (Lipinski definition) is 1. The number of nitrogens with one attached hydrogen (secondary N) is 1. The second-order valence-electron chi connectivity index (χ2n) is 4.14. The van der Waals surface area contributed by atoms with Crippen molar-refractivity contribution in [3.8, 4) is 11.1 Å². The van der Waals surface area contributed by atoms with E-state index in [2.05, 4.69) is 5.32 Å². The minimum Gasteiger partial charge on any atom is -0.348 e. The van der Waals surface area contributed by atoms with Crippen molar-refractivity contribution in [2.75, 3.05) is 6.54 Å². The zero-order valence-corrected chi connectivity index (χ0v) is 9.21. The first kappa shape index (κ1) is 10.5. The maximum absolute atomic E-state index is 13.7. The van der Waals surface area contributed by atoms with Gasteiger partial charge in [0.15, 0.2) is 0 Å². The molecule has 2 aromatic rings. The van der Waals surface area contributed by atoms with Crippen molar-refractivity contribution in [3.05, 3.63) is 47.8 Å². The predicted molar refractivity (Wildman–Crippen MR) is 61.5 cm³/mol. The Morgan fingerprint density at radius 1 is 1.12 bits per heavy atom. The standard InChI is InChI=1S/C13H12F2N2/c14-10-2-1-3-11(15)13(10)9-4-6-17-7-5-16-8-12(9)17/h1-4,6,16H,5,7-8H2. The lowest BCUT2D eigenvalue weighted by molar-refractivity contribution is 0.516. The second kappa shape index (κ2) is 3.96. The zero-order valence-electron chi connectivity index (χ0n) is 9.21. The van der Waals surface area contributed by atoms with Gasteiger partial charge in [-0.05, 0) is 18.2 Å². The van der Waals surface area contributed by atoms with Crippen LogP contribution in [0.5, 0.6) is 0 Å². The van der Waals surface area contributed by atoms with Crippen LogP contribution in [0.25, 0.3) is 11.1 Å². The van der Waals surface area contributed by atoms with E-state index < -0.39 is 11.6 Å². The first-order valence-corrected chi connectivity index (χ1v) is 5.60. The molecule has 1 aromatic heterocycles. The molecule has 0 aliphatic carbocycles. The summed E-state index contributed by atoms with van der Waals surface area (Å²) in [5, 5.41) is 3.21. The normalized spacial score (nSPS) is 14.7. The predicted octanol–water partition coefficient (Wildman–Crippen LogP) is 2.54. The van der Waals surface area contributed by atoms with Crippen molar-refractivity contribution < 1.29 is 8.78 Å². The van der Waals surface area contributed by atoms with E-state index >= 15 is 0 Å². The van der Waals surface area contributed by atoms with Gasteiger partial charge in [0.1, 0.15) is 11.6 Å². The minimum absolute atomic E-state index is 0.0740. The molecule has 88 valence electrons. The molecule has 0 saturated carbocycles. The molecule has 1 aromatic carbocycles. The summed E-state index contributed by atoms with van der Waals surface area (Å²) in [6.07, 6.45) is 1.89. The highest BCUT2D eigenvalue weighted by Gasteiger charge is 2.19. The number of benzene rings is 1. The molecule has 17 heavy (non-hydrogen) atoms. The van der Waals surface area contributed by atoms with E-state index in [9.17, 15) is 8.78 Å². The number of nitrogens with zero attached hydrogens (tertiary/aromatic N) is 1. The average Bonchev–Trinajstić information content (AvgIpc) is 2.73.